The van der Waals surface area contributed by atoms with Gasteiger partial charge in [-0.3, -0.25) is 0 Å². The van der Waals surface area contributed by atoms with E-state index < -0.39 is 5.97 Å². The lowest BCUT2D eigenvalue weighted by molar-refractivity contribution is -0.255. The molecule has 0 unspecified atom stereocenters. The van der Waals surface area contributed by atoms with Gasteiger partial charge in [0.05, 0.1) is 19.7 Å². The van der Waals surface area contributed by atoms with E-state index in [-0.39, 0.29) is 18.8 Å². The predicted octanol–water partition coefficient (Wildman–Crippen LogP) is 1.13. The van der Waals surface area contributed by atoms with Crippen molar-refractivity contribution in [1.29, 1.82) is 0 Å². The van der Waals surface area contributed by atoms with E-state index in [0.717, 1.165) is 5.56 Å². The minimum atomic E-state index is -1.22. The largest absolute Gasteiger partial charge is 0.545 e. The van der Waals surface area contributed by atoms with Gasteiger partial charge in [0.2, 0.25) is 0 Å². The first-order chi connectivity index (χ1) is 10.1. The fourth-order valence-corrected chi connectivity index (χ4v) is 1.88. The molecule has 0 spiro atoms. The van der Waals surface area contributed by atoms with Gasteiger partial charge in [0, 0.05) is 0 Å². The predicted molar refractivity (Wildman–Crippen MR) is 74.0 cm³/mol. The summed E-state index contributed by atoms with van der Waals surface area (Å²) in [7, 11) is 1.51. The summed E-state index contributed by atoms with van der Waals surface area (Å²) in [5.74, 6) is -0.187. The normalized spacial score (nSPS) is 10.2. The second-order valence-corrected chi connectivity index (χ2v) is 4.42. The van der Waals surface area contributed by atoms with Gasteiger partial charge in [0.25, 0.3) is 0 Å². The van der Waals surface area contributed by atoms with Crippen LogP contribution in [0.15, 0.2) is 42.5 Å². The fraction of sp³-hybridized carbons (Fsp3) is 0.188. The molecule has 0 fully saturated rings. The van der Waals surface area contributed by atoms with Gasteiger partial charge in [-0.05, 0) is 34.9 Å². The van der Waals surface area contributed by atoms with Crippen LogP contribution in [-0.2, 0) is 13.2 Å². The summed E-state index contributed by atoms with van der Waals surface area (Å²) < 4.78 is 10.8. The first-order valence-electron chi connectivity index (χ1n) is 6.35. The highest BCUT2D eigenvalue weighted by Gasteiger charge is 2.06. The Morgan fingerprint density at radius 2 is 1.95 bits per heavy atom. The van der Waals surface area contributed by atoms with Crippen molar-refractivity contribution < 1.29 is 24.5 Å². The van der Waals surface area contributed by atoms with Crippen LogP contribution >= 0.6 is 0 Å². The number of carbonyl (C=O) groups is 1. The molecule has 0 bridgehead atoms. The first-order valence-corrected chi connectivity index (χ1v) is 6.35. The fourth-order valence-electron chi connectivity index (χ4n) is 1.88. The SMILES string of the molecule is COc1cc(CO)ccc1OCc1cccc(C(=O)[O-])c1. The van der Waals surface area contributed by atoms with Gasteiger partial charge in [-0.15, -0.1) is 0 Å². The van der Waals surface area contributed by atoms with E-state index in [1.807, 2.05) is 0 Å². The highest BCUT2D eigenvalue weighted by molar-refractivity contribution is 5.85. The Balaban J connectivity index is 2.12. The van der Waals surface area contributed by atoms with Gasteiger partial charge >= 0.3 is 0 Å². The molecule has 0 saturated heterocycles. The minimum Gasteiger partial charge on any atom is -0.545 e. The molecule has 0 amide bonds. The van der Waals surface area contributed by atoms with Crippen LogP contribution in [0, 0.1) is 0 Å². The van der Waals surface area contributed by atoms with Crippen molar-refractivity contribution in [2.75, 3.05) is 7.11 Å². The van der Waals surface area contributed by atoms with Crippen LogP contribution in [0.1, 0.15) is 21.5 Å². The number of carbonyl (C=O) groups excluding carboxylic acids is 1. The number of aromatic carboxylic acids is 1. The smallest absolute Gasteiger partial charge is 0.161 e. The Hall–Kier alpha value is -2.53. The van der Waals surface area contributed by atoms with Crippen molar-refractivity contribution in [3.63, 3.8) is 0 Å². The molecule has 0 aliphatic rings. The molecule has 5 nitrogen and oxygen atoms in total. The molecule has 110 valence electrons. The van der Waals surface area contributed by atoms with Crippen molar-refractivity contribution >= 4 is 5.97 Å². The summed E-state index contributed by atoms with van der Waals surface area (Å²) in [6.07, 6.45) is 0. The van der Waals surface area contributed by atoms with Gasteiger partial charge in [0.15, 0.2) is 11.5 Å². The van der Waals surface area contributed by atoms with E-state index in [2.05, 4.69) is 0 Å². The Morgan fingerprint density at radius 1 is 1.14 bits per heavy atom. The molecule has 0 aliphatic carbocycles. The van der Waals surface area contributed by atoms with E-state index in [1.165, 1.54) is 19.2 Å². The lowest BCUT2D eigenvalue weighted by Gasteiger charge is -2.12. The van der Waals surface area contributed by atoms with Crippen molar-refractivity contribution in [3.05, 3.63) is 59.2 Å². The molecule has 0 aromatic heterocycles. The monoisotopic (exact) mass is 287 g/mol. The highest BCUT2D eigenvalue weighted by atomic mass is 16.5. The molecule has 0 heterocycles. The third-order valence-corrected chi connectivity index (χ3v) is 2.97. The van der Waals surface area contributed by atoms with Crippen LogP contribution in [0.4, 0.5) is 0 Å². The molecular formula is C16H15O5-. The van der Waals surface area contributed by atoms with Gasteiger partial charge in [-0.25, -0.2) is 0 Å². The van der Waals surface area contributed by atoms with E-state index in [1.54, 1.807) is 30.3 Å². The van der Waals surface area contributed by atoms with Crippen molar-refractivity contribution in [2.45, 2.75) is 13.2 Å². The van der Waals surface area contributed by atoms with Crippen LogP contribution in [-0.4, -0.2) is 18.2 Å². The molecular weight excluding hydrogens is 272 g/mol. The van der Waals surface area contributed by atoms with Crippen LogP contribution < -0.4 is 14.6 Å². The van der Waals surface area contributed by atoms with Crippen molar-refractivity contribution in [3.8, 4) is 11.5 Å². The van der Waals surface area contributed by atoms with E-state index in [4.69, 9.17) is 14.6 Å². The summed E-state index contributed by atoms with van der Waals surface area (Å²) in [6.45, 7) is 0.125. The van der Waals surface area contributed by atoms with Crippen LogP contribution in [0.5, 0.6) is 11.5 Å². The highest BCUT2D eigenvalue weighted by Crippen LogP contribution is 2.28. The van der Waals surface area contributed by atoms with E-state index in [0.29, 0.717) is 17.1 Å². The number of hydrogen-bond acceptors (Lipinski definition) is 5. The molecule has 2 aromatic carbocycles. The molecule has 5 heteroatoms. The minimum absolute atomic E-state index is 0.0791. The maximum absolute atomic E-state index is 10.8. The van der Waals surface area contributed by atoms with E-state index in [9.17, 15) is 9.90 Å². The number of carboxylic acids is 1. The second kappa shape index (κ2) is 6.76. The third kappa shape index (κ3) is 3.73. The summed E-state index contributed by atoms with van der Waals surface area (Å²) in [4.78, 5) is 10.8. The lowest BCUT2D eigenvalue weighted by atomic mass is 10.1. The van der Waals surface area contributed by atoms with Gasteiger partial charge in [-0.2, -0.15) is 0 Å². The molecule has 0 atom stereocenters. The number of methoxy groups -OCH3 is 1. The average molecular weight is 287 g/mol. The second-order valence-electron chi connectivity index (χ2n) is 4.42. The number of aliphatic hydroxyl groups is 1. The summed E-state index contributed by atoms with van der Waals surface area (Å²) in [6, 6.07) is 11.5. The molecule has 1 N–H and O–H groups in total. The van der Waals surface area contributed by atoms with Gasteiger partial charge in [0.1, 0.15) is 6.61 Å². The zero-order valence-electron chi connectivity index (χ0n) is 11.5. The molecule has 2 rings (SSSR count). The Bertz CT molecular complexity index is 636. The molecule has 0 radical (unpaired) electrons. The molecule has 0 saturated carbocycles. The summed E-state index contributed by atoms with van der Waals surface area (Å²) >= 11 is 0. The molecule has 2 aromatic rings. The number of rotatable bonds is 6. The third-order valence-electron chi connectivity index (χ3n) is 2.97. The number of aliphatic hydroxyl groups excluding tert-OH is 1. The van der Waals surface area contributed by atoms with Crippen LogP contribution in [0.2, 0.25) is 0 Å². The van der Waals surface area contributed by atoms with E-state index >= 15 is 0 Å². The quantitative estimate of drug-likeness (QED) is 0.861. The Labute approximate surface area is 122 Å². The molecule has 21 heavy (non-hydrogen) atoms. The summed E-state index contributed by atoms with van der Waals surface area (Å²) in [5.41, 5.74) is 1.54. The Morgan fingerprint density at radius 3 is 2.62 bits per heavy atom. The van der Waals surface area contributed by atoms with Gasteiger partial charge < -0.3 is 24.5 Å². The maximum Gasteiger partial charge on any atom is 0.161 e. The number of ether oxygens (including phenoxy) is 2. The summed E-state index contributed by atoms with van der Waals surface area (Å²) in [5, 5.41) is 19.9. The van der Waals surface area contributed by atoms with Crippen LogP contribution in [0.3, 0.4) is 0 Å². The lowest BCUT2D eigenvalue weighted by Crippen LogP contribution is -2.22. The Kier molecular flexibility index (Phi) is 4.79. The zero-order valence-corrected chi connectivity index (χ0v) is 11.5. The average Bonchev–Trinajstić information content (AvgIpc) is 2.53. The van der Waals surface area contributed by atoms with Crippen LogP contribution in [0.25, 0.3) is 0 Å². The molecule has 0 aliphatic heterocycles. The van der Waals surface area contributed by atoms with Crippen molar-refractivity contribution in [1.82, 2.24) is 0 Å². The van der Waals surface area contributed by atoms with Gasteiger partial charge in [-0.1, -0.05) is 24.3 Å². The first kappa shape index (κ1) is 14.9. The number of carboxylic acid groups (broad SMARTS) is 1. The topological polar surface area (TPSA) is 78.8 Å². The zero-order chi connectivity index (χ0) is 15.2. The number of benzene rings is 2. The maximum atomic E-state index is 10.8. The number of hydrogen-bond donors (Lipinski definition) is 1. The van der Waals surface area contributed by atoms with Crippen molar-refractivity contribution in [2.24, 2.45) is 0 Å². The standard InChI is InChI=1S/C16H16O5/c1-20-15-8-11(9-17)5-6-14(15)21-10-12-3-2-4-13(7-12)16(18)19/h2-8,17H,9-10H2,1H3,(H,18,19)/p-1.